The SMILES string of the molecule is N#CC1CCN(c2ccc[nH]c2=O)CC1. The summed E-state index contributed by atoms with van der Waals surface area (Å²) < 4.78 is 0. The van der Waals surface area contributed by atoms with Crippen molar-refractivity contribution in [2.24, 2.45) is 5.92 Å². The van der Waals surface area contributed by atoms with E-state index in [1.54, 1.807) is 6.20 Å². The molecule has 0 amide bonds. The van der Waals surface area contributed by atoms with Gasteiger partial charge in [0.05, 0.1) is 6.07 Å². The van der Waals surface area contributed by atoms with Gasteiger partial charge in [-0.1, -0.05) is 0 Å². The molecule has 0 bridgehead atoms. The Morgan fingerprint density at radius 2 is 2.20 bits per heavy atom. The van der Waals surface area contributed by atoms with E-state index in [-0.39, 0.29) is 11.5 Å². The van der Waals surface area contributed by atoms with Crippen LogP contribution in [-0.2, 0) is 0 Å². The van der Waals surface area contributed by atoms with Crippen molar-refractivity contribution >= 4 is 5.69 Å². The highest BCUT2D eigenvalue weighted by Gasteiger charge is 2.20. The number of nitrogens with zero attached hydrogens (tertiary/aromatic N) is 2. The van der Waals surface area contributed by atoms with Crippen LogP contribution in [0.15, 0.2) is 23.1 Å². The second-order valence-corrected chi connectivity index (χ2v) is 3.77. The summed E-state index contributed by atoms with van der Waals surface area (Å²) in [4.78, 5) is 16.2. The molecule has 1 N–H and O–H groups in total. The number of aromatic amines is 1. The number of pyridine rings is 1. The quantitative estimate of drug-likeness (QED) is 0.743. The molecular weight excluding hydrogens is 190 g/mol. The summed E-state index contributed by atoms with van der Waals surface area (Å²) in [7, 11) is 0. The lowest BCUT2D eigenvalue weighted by molar-refractivity contribution is 0.487. The summed E-state index contributed by atoms with van der Waals surface area (Å²) in [6.45, 7) is 1.59. The van der Waals surface area contributed by atoms with E-state index in [4.69, 9.17) is 5.26 Å². The number of aromatic nitrogens is 1. The molecule has 2 heterocycles. The number of hydrogen-bond acceptors (Lipinski definition) is 3. The zero-order valence-corrected chi connectivity index (χ0v) is 8.44. The molecule has 15 heavy (non-hydrogen) atoms. The van der Waals surface area contributed by atoms with Gasteiger partial charge >= 0.3 is 0 Å². The summed E-state index contributed by atoms with van der Waals surface area (Å²) in [5.41, 5.74) is 0.668. The molecular formula is C11H13N3O. The number of nitriles is 1. The fourth-order valence-electron chi connectivity index (χ4n) is 1.91. The average molecular weight is 203 g/mol. The second-order valence-electron chi connectivity index (χ2n) is 3.77. The first-order chi connectivity index (χ1) is 7.31. The van der Waals surface area contributed by atoms with Gasteiger partial charge < -0.3 is 9.88 Å². The van der Waals surface area contributed by atoms with E-state index >= 15 is 0 Å². The molecule has 1 fully saturated rings. The van der Waals surface area contributed by atoms with Crippen LogP contribution >= 0.6 is 0 Å². The molecule has 1 aromatic rings. The van der Waals surface area contributed by atoms with Gasteiger partial charge in [0.1, 0.15) is 5.69 Å². The van der Waals surface area contributed by atoms with Crippen molar-refractivity contribution in [3.8, 4) is 6.07 Å². The first kappa shape index (κ1) is 9.78. The second kappa shape index (κ2) is 4.18. The number of anilines is 1. The van der Waals surface area contributed by atoms with Gasteiger partial charge in [-0.2, -0.15) is 5.26 Å². The van der Waals surface area contributed by atoms with E-state index in [2.05, 4.69) is 11.1 Å². The molecule has 0 unspecified atom stereocenters. The smallest absolute Gasteiger partial charge is 0.271 e. The van der Waals surface area contributed by atoms with E-state index in [1.807, 2.05) is 17.0 Å². The highest BCUT2D eigenvalue weighted by atomic mass is 16.1. The van der Waals surface area contributed by atoms with E-state index < -0.39 is 0 Å². The lowest BCUT2D eigenvalue weighted by atomic mass is 9.98. The van der Waals surface area contributed by atoms with Crippen molar-refractivity contribution in [3.05, 3.63) is 28.7 Å². The van der Waals surface area contributed by atoms with E-state index in [0.717, 1.165) is 25.9 Å². The molecule has 0 aliphatic carbocycles. The minimum atomic E-state index is -0.0482. The molecule has 0 atom stereocenters. The van der Waals surface area contributed by atoms with Gasteiger partial charge in [-0.25, -0.2) is 0 Å². The van der Waals surface area contributed by atoms with Gasteiger partial charge in [-0.3, -0.25) is 4.79 Å². The third kappa shape index (κ3) is 2.01. The maximum absolute atomic E-state index is 11.5. The Morgan fingerprint density at radius 3 is 2.80 bits per heavy atom. The zero-order chi connectivity index (χ0) is 10.7. The van der Waals surface area contributed by atoms with Gasteiger partial charge in [0.2, 0.25) is 0 Å². The van der Waals surface area contributed by atoms with E-state index in [9.17, 15) is 4.79 Å². The number of nitrogens with one attached hydrogen (secondary N) is 1. The monoisotopic (exact) mass is 203 g/mol. The molecule has 4 heteroatoms. The van der Waals surface area contributed by atoms with Crippen molar-refractivity contribution in [2.45, 2.75) is 12.8 Å². The lowest BCUT2D eigenvalue weighted by Crippen LogP contribution is -2.36. The van der Waals surface area contributed by atoms with Crippen LogP contribution in [0.5, 0.6) is 0 Å². The maximum atomic E-state index is 11.5. The molecule has 1 aliphatic heterocycles. The number of hydrogen-bond donors (Lipinski definition) is 1. The lowest BCUT2D eigenvalue weighted by Gasteiger charge is -2.30. The molecule has 0 spiro atoms. The van der Waals surface area contributed by atoms with E-state index in [1.165, 1.54) is 0 Å². The molecule has 1 aliphatic rings. The van der Waals surface area contributed by atoms with Crippen molar-refractivity contribution in [2.75, 3.05) is 18.0 Å². The summed E-state index contributed by atoms with van der Waals surface area (Å²) in [5, 5.41) is 8.77. The third-order valence-electron chi connectivity index (χ3n) is 2.82. The Bertz CT molecular complexity index is 424. The first-order valence-corrected chi connectivity index (χ1v) is 5.13. The van der Waals surface area contributed by atoms with Gasteiger partial charge in [-0.15, -0.1) is 0 Å². The molecule has 2 rings (SSSR count). The zero-order valence-electron chi connectivity index (χ0n) is 8.44. The van der Waals surface area contributed by atoms with Gasteiger partial charge in [0.15, 0.2) is 0 Å². The Labute approximate surface area is 88.1 Å². The third-order valence-corrected chi connectivity index (χ3v) is 2.82. The van der Waals surface area contributed by atoms with Crippen LogP contribution in [0.1, 0.15) is 12.8 Å². The summed E-state index contributed by atoms with van der Waals surface area (Å²) in [6, 6.07) is 5.93. The minimum absolute atomic E-state index is 0.0482. The largest absolute Gasteiger partial charge is 0.367 e. The number of piperidine rings is 1. The summed E-state index contributed by atoms with van der Waals surface area (Å²) in [6.07, 6.45) is 3.34. The van der Waals surface area contributed by atoms with Crippen molar-refractivity contribution < 1.29 is 0 Å². The predicted molar refractivity (Wildman–Crippen MR) is 57.6 cm³/mol. The molecule has 0 aromatic carbocycles. The van der Waals surface area contributed by atoms with Crippen LogP contribution in [0, 0.1) is 17.2 Å². The van der Waals surface area contributed by atoms with Gasteiger partial charge in [0, 0.05) is 25.2 Å². The van der Waals surface area contributed by atoms with Crippen LogP contribution in [0.2, 0.25) is 0 Å². The summed E-state index contributed by atoms with van der Waals surface area (Å²) >= 11 is 0. The Hall–Kier alpha value is -1.76. The summed E-state index contributed by atoms with van der Waals surface area (Å²) in [5.74, 6) is 0.157. The van der Waals surface area contributed by atoms with Crippen molar-refractivity contribution in [3.63, 3.8) is 0 Å². The maximum Gasteiger partial charge on any atom is 0.271 e. The predicted octanol–water partition coefficient (Wildman–Crippen LogP) is 1.11. The van der Waals surface area contributed by atoms with Crippen LogP contribution in [0.3, 0.4) is 0 Å². The molecule has 1 saturated heterocycles. The number of H-pyrrole nitrogens is 1. The molecule has 1 aromatic heterocycles. The highest BCUT2D eigenvalue weighted by Crippen LogP contribution is 2.19. The molecule has 0 radical (unpaired) electrons. The fourth-order valence-corrected chi connectivity index (χ4v) is 1.91. The molecule has 0 saturated carbocycles. The topological polar surface area (TPSA) is 59.9 Å². The van der Waals surface area contributed by atoms with Gasteiger partial charge in [-0.05, 0) is 25.0 Å². The van der Waals surface area contributed by atoms with Crippen molar-refractivity contribution in [1.82, 2.24) is 4.98 Å². The van der Waals surface area contributed by atoms with Crippen LogP contribution in [0.25, 0.3) is 0 Å². The Kier molecular flexibility index (Phi) is 2.72. The van der Waals surface area contributed by atoms with Gasteiger partial charge in [0.25, 0.3) is 5.56 Å². The first-order valence-electron chi connectivity index (χ1n) is 5.13. The average Bonchev–Trinajstić information content (AvgIpc) is 2.30. The number of rotatable bonds is 1. The standard InChI is InChI=1S/C11H13N3O/c12-8-9-3-6-14(7-4-9)10-2-1-5-13-11(10)15/h1-2,5,9H,3-4,6-7H2,(H,13,15). The van der Waals surface area contributed by atoms with Crippen LogP contribution in [0.4, 0.5) is 5.69 Å². The normalized spacial score (nSPS) is 17.4. The Balaban J connectivity index is 2.12. The minimum Gasteiger partial charge on any atom is -0.367 e. The fraction of sp³-hybridized carbons (Fsp3) is 0.455. The van der Waals surface area contributed by atoms with Crippen LogP contribution < -0.4 is 10.5 Å². The molecule has 78 valence electrons. The van der Waals surface area contributed by atoms with E-state index in [0.29, 0.717) is 5.69 Å². The Morgan fingerprint density at radius 1 is 1.47 bits per heavy atom. The molecule has 4 nitrogen and oxygen atoms in total. The highest BCUT2D eigenvalue weighted by molar-refractivity contribution is 5.44. The van der Waals surface area contributed by atoms with Crippen molar-refractivity contribution in [1.29, 1.82) is 5.26 Å². The van der Waals surface area contributed by atoms with Crippen LogP contribution in [-0.4, -0.2) is 18.1 Å².